The summed E-state index contributed by atoms with van der Waals surface area (Å²) < 4.78 is 0. The number of para-hydroxylation sites is 1. The smallest absolute Gasteiger partial charge is 0.275 e. The third-order valence-electron chi connectivity index (χ3n) is 2.40. The summed E-state index contributed by atoms with van der Waals surface area (Å²) in [6.07, 6.45) is 0.450. The third kappa shape index (κ3) is 2.29. The third-order valence-corrected chi connectivity index (χ3v) is 2.40. The number of aliphatic hydroxyl groups is 1. The summed E-state index contributed by atoms with van der Waals surface area (Å²) in [6.45, 7) is 0. The molecule has 0 aliphatic rings. The minimum absolute atomic E-state index is 0.106. The van der Waals surface area contributed by atoms with Crippen molar-refractivity contribution in [3.63, 3.8) is 0 Å². The topological polar surface area (TPSA) is 76.3 Å². The Morgan fingerprint density at radius 2 is 1.88 bits per heavy atom. The van der Waals surface area contributed by atoms with E-state index in [0.29, 0.717) is 5.69 Å². The highest BCUT2D eigenvalue weighted by atomic mass is 16.6. The van der Waals surface area contributed by atoms with Crippen molar-refractivity contribution in [1.82, 2.24) is 4.98 Å². The van der Waals surface area contributed by atoms with Gasteiger partial charge in [-0.15, -0.1) is 0 Å². The molecule has 0 fully saturated rings. The Hall–Kier alpha value is -2.27. The number of aliphatic hydroxyl groups excluding tert-OH is 1. The molecule has 0 bridgehead atoms. The lowest BCUT2D eigenvalue weighted by Crippen LogP contribution is -2.05. The summed E-state index contributed by atoms with van der Waals surface area (Å²) in [5.41, 5.74) is 0.531. The van der Waals surface area contributed by atoms with Crippen LogP contribution >= 0.6 is 0 Å². The van der Waals surface area contributed by atoms with Gasteiger partial charge in [0.1, 0.15) is 6.10 Å². The van der Waals surface area contributed by atoms with Crippen LogP contribution in [0, 0.1) is 10.1 Å². The average Bonchev–Trinajstić information content (AvgIpc) is 2.39. The van der Waals surface area contributed by atoms with Gasteiger partial charge in [-0.2, -0.15) is 0 Å². The van der Waals surface area contributed by atoms with Gasteiger partial charge in [0.05, 0.1) is 16.2 Å². The molecule has 2 aromatic rings. The van der Waals surface area contributed by atoms with Crippen LogP contribution < -0.4 is 0 Å². The lowest BCUT2D eigenvalue weighted by atomic mass is 10.0. The van der Waals surface area contributed by atoms with E-state index in [-0.39, 0.29) is 11.3 Å². The van der Waals surface area contributed by atoms with E-state index >= 15 is 0 Å². The summed E-state index contributed by atoms with van der Waals surface area (Å²) >= 11 is 0. The molecular formula is C12H10N2O3. The summed E-state index contributed by atoms with van der Waals surface area (Å²) in [5.74, 6) is 0. The fourth-order valence-corrected chi connectivity index (χ4v) is 1.58. The van der Waals surface area contributed by atoms with Crippen LogP contribution in [0.3, 0.4) is 0 Å². The molecule has 1 atom stereocenters. The lowest BCUT2D eigenvalue weighted by molar-refractivity contribution is -0.386. The van der Waals surface area contributed by atoms with E-state index in [1.54, 1.807) is 30.3 Å². The Kier molecular flexibility index (Phi) is 3.11. The Balaban J connectivity index is 2.44. The predicted octanol–water partition coefficient (Wildman–Crippen LogP) is 2.07. The number of hydrogen-bond acceptors (Lipinski definition) is 4. The zero-order chi connectivity index (χ0) is 12.3. The molecule has 17 heavy (non-hydrogen) atoms. The van der Waals surface area contributed by atoms with Gasteiger partial charge in [0.25, 0.3) is 5.69 Å². The van der Waals surface area contributed by atoms with Crippen LogP contribution in [0.2, 0.25) is 0 Å². The quantitative estimate of drug-likeness (QED) is 0.646. The molecular weight excluding hydrogens is 220 g/mol. The maximum absolute atomic E-state index is 10.8. The van der Waals surface area contributed by atoms with Crippen LogP contribution in [0.25, 0.3) is 0 Å². The van der Waals surface area contributed by atoms with Gasteiger partial charge in [-0.25, -0.2) is 0 Å². The van der Waals surface area contributed by atoms with Crippen molar-refractivity contribution < 1.29 is 10.0 Å². The molecule has 1 heterocycles. The van der Waals surface area contributed by atoms with Gasteiger partial charge < -0.3 is 5.11 Å². The van der Waals surface area contributed by atoms with E-state index < -0.39 is 11.0 Å². The van der Waals surface area contributed by atoms with Crippen LogP contribution in [0.5, 0.6) is 0 Å². The highest BCUT2D eigenvalue weighted by Gasteiger charge is 2.21. The van der Waals surface area contributed by atoms with Crippen molar-refractivity contribution in [2.45, 2.75) is 6.10 Å². The SMILES string of the molecule is O=[N+]([O-])c1ccccc1[C@H](O)c1ccccn1. The molecule has 0 amide bonds. The second kappa shape index (κ2) is 4.71. The van der Waals surface area contributed by atoms with E-state index in [0.717, 1.165) is 0 Å². The van der Waals surface area contributed by atoms with E-state index in [1.165, 1.54) is 18.3 Å². The Bertz CT molecular complexity index is 528. The van der Waals surface area contributed by atoms with Crippen LogP contribution in [-0.2, 0) is 0 Å². The van der Waals surface area contributed by atoms with Crippen molar-refractivity contribution >= 4 is 5.69 Å². The number of nitro benzene ring substituents is 1. The molecule has 1 aromatic carbocycles. The van der Waals surface area contributed by atoms with Crippen LogP contribution in [-0.4, -0.2) is 15.0 Å². The number of pyridine rings is 1. The van der Waals surface area contributed by atoms with Crippen molar-refractivity contribution in [1.29, 1.82) is 0 Å². The summed E-state index contributed by atoms with van der Waals surface area (Å²) in [7, 11) is 0. The second-order valence-corrected chi connectivity index (χ2v) is 3.47. The summed E-state index contributed by atoms with van der Waals surface area (Å²) in [5, 5.41) is 20.9. The maximum Gasteiger partial charge on any atom is 0.275 e. The summed E-state index contributed by atoms with van der Waals surface area (Å²) in [4.78, 5) is 14.3. The Labute approximate surface area is 97.5 Å². The number of benzene rings is 1. The molecule has 5 nitrogen and oxygen atoms in total. The van der Waals surface area contributed by atoms with Crippen molar-refractivity contribution in [2.24, 2.45) is 0 Å². The van der Waals surface area contributed by atoms with Crippen molar-refractivity contribution in [3.8, 4) is 0 Å². The minimum Gasteiger partial charge on any atom is -0.382 e. The first-order valence-electron chi connectivity index (χ1n) is 5.02. The Morgan fingerprint density at radius 3 is 2.53 bits per heavy atom. The summed E-state index contributed by atoms with van der Waals surface area (Å²) in [6, 6.07) is 11.2. The zero-order valence-electron chi connectivity index (χ0n) is 8.85. The predicted molar refractivity (Wildman–Crippen MR) is 61.4 cm³/mol. The zero-order valence-corrected chi connectivity index (χ0v) is 8.85. The largest absolute Gasteiger partial charge is 0.382 e. The number of hydrogen-bond donors (Lipinski definition) is 1. The maximum atomic E-state index is 10.8. The minimum atomic E-state index is -1.09. The van der Waals surface area contributed by atoms with Gasteiger partial charge in [-0.05, 0) is 18.2 Å². The van der Waals surface area contributed by atoms with E-state index in [1.807, 2.05) is 0 Å². The van der Waals surface area contributed by atoms with E-state index in [4.69, 9.17) is 0 Å². The van der Waals surface area contributed by atoms with E-state index in [9.17, 15) is 15.2 Å². The molecule has 0 aliphatic carbocycles. The first kappa shape index (κ1) is 11.2. The fraction of sp³-hybridized carbons (Fsp3) is 0.0833. The molecule has 0 spiro atoms. The van der Waals surface area contributed by atoms with Gasteiger partial charge in [0.15, 0.2) is 0 Å². The van der Waals surface area contributed by atoms with Gasteiger partial charge in [0.2, 0.25) is 0 Å². The van der Waals surface area contributed by atoms with Crippen LogP contribution in [0.4, 0.5) is 5.69 Å². The Morgan fingerprint density at radius 1 is 1.18 bits per heavy atom. The monoisotopic (exact) mass is 230 g/mol. The highest BCUT2D eigenvalue weighted by Crippen LogP contribution is 2.28. The number of rotatable bonds is 3. The van der Waals surface area contributed by atoms with Gasteiger partial charge in [0, 0.05) is 12.3 Å². The molecule has 0 radical (unpaired) electrons. The molecule has 0 aliphatic heterocycles. The lowest BCUT2D eigenvalue weighted by Gasteiger charge is -2.10. The van der Waals surface area contributed by atoms with Crippen molar-refractivity contribution in [2.75, 3.05) is 0 Å². The fourth-order valence-electron chi connectivity index (χ4n) is 1.58. The molecule has 2 rings (SSSR count). The molecule has 1 aromatic heterocycles. The molecule has 0 unspecified atom stereocenters. The van der Waals surface area contributed by atoms with Crippen LogP contribution in [0.1, 0.15) is 17.4 Å². The van der Waals surface area contributed by atoms with Gasteiger partial charge in [-0.1, -0.05) is 18.2 Å². The van der Waals surface area contributed by atoms with E-state index in [2.05, 4.69) is 4.98 Å². The number of nitro groups is 1. The van der Waals surface area contributed by atoms with Crippen molar-refractivity contribution in [3.05, 3.63) is 70.0 Å². The number of nitrogens with zero attached hydrogens (tertiary/aromatic N) is 2. The molecule has 0 saturated heterocycles. The number of aromatic nitrogens is 1. The molecule has 86 valence electrons. The molecule has 5 heteroatoms. The van der Waals surface area contributed by atoms with Crippen LogP contribution in [0.15, 0.2) is 48.7 Å². The molecule has 1 N–H and O–H groups in total. The average molecular weight is 230 g/mol. The normalized spacial score (nSPS) is 12.1. The van der Waals surface area contributed by atoms with Gasteiger partial charge >= 0.3 is 0 Å². The first-order valence-corrected chi connectivity index (χ1v) is 5.02. The highest BCUT2D eigenvalue weighted by molar-refractivity contribution is 5.43. The van der Waals surface area contributed by atoms with Gasteiger partial charge in [-0.3, -0.25) is 15.1 Å². The standard InChI is InChI=1S/C12H10N2O3/c15-12(10-6-3-4-8-13-10)9-5-1-2-7-11(9)14(16)17/h1-8,12,15H/t12-/m0/s1. The second-order valence-electron chi connectivity index (χ2n) is 3.47. The molecule has 0 saturated carbocycles. The first-order chi connectivity index (χ1) is 8.20.